The fraction of sp³-hybridized carbons (Fsp3) is 0.333. The zero-order chi connectivity index (χ0) is 12.4. The van der Waals surface area contributed by atoms with Crippen LogP contribution in [-0.2, 0) is 0 Å². The van der Waals surface area contributed by atoms with Gasteiger partial charge in [0.2, 0.25) is 0 Å². The van der Waals surface area contributed by atoms with E-state index >= 15 is 0 Å². The topological polar surface area (TPSA) is 77.0 Å². The number of nitrogens with one attached hydrogen (secondary N) is 1. The molecule has 0 spiro atoms. The second-order valence-corrected chi connectivity index (χ2v) is 4.05. The minimum atomic E-state index is 0.0541. The van der Waals surface area contributed by atoms with Crippen LogP contribution in [0.1, 0.15) is 30.0 Å². The predicted molar refractivity (Wildman–Crippen MR) is 66.7 cm³/mol. The van der Waals surface area contributed by atoms with E-state index in [4.69, 9.17) is 10.3 Å². The standard InChI is InChI=1S/C12H16N4O/c1-7(11-8(2)16-17-9(11)3)15-12-10(13)5-4-6-14-12/h4-7H,13H2,1-3H3,(H,14,15). The highest BCUT2D eigenvalue weighted by molar-refractivity contribution is 5.61. The van der Waals surface area contributed by atoms with Crippen molar-refractivity contribution in [3.8, 4) is 0 Å². The van der Waals surface area contributed by atoms with E-state index in [0.717, 1.165) is 17.0 Å². The highest BCUT2D eigenvalue weighted by atomic mass is 16.5. The largest absolute Gasteiger partial charge is 0.396 e. The summed E-state index contributed by atoms with van der Waals surface area (Å²) in [5, 5.41) is 7.19. The lowest BCUT2D eigenvalue weighted by Gasteiger charge is -2.15. The van der Waals surface area contributed by atoms with Crippen LogP contribution in [0.25, 0.3) is 0 Å². The number of nitrogen functional groups attached to an aromatic ring is 1. The van der Waals surface area contributed by atoms with Gasteiger partial charge in [-0.3, -0.25) is 0 Å². The van der Waals surface area contributed by atoms with Gasteiger partial charge in [-0.2, -0.15) is 0 Å². The molecule has 0 aliphatic rings. The third-order valence-electron chi connectivity index (χ3n) is 2.71. The quantitative estimate of drug-likeness (QED) is 0.849. The molecule has 0 fully saturated rings. The van der Waals surface area contributed by atoms with E-state index in [0.29, 0.717) is 11.5 Å². The molecule has 1 unspecified atom stereocenters. The second-order valence-electron chi connectivity index (χ2n) is 4.05. The molecule has 2 rings (SSSR count). The van der Waals surface area contributed by atoms with Gasteiger partial charge in [0.1, 0.15) is 11.6 Å². The molecule has 0 amide bonds. The summed E-state index contributed by atoms with van der Waals surface area (Å²) >= 11 is 0. The lowest BCUT2D eigenvalue weighted by molar-refractivity contribution is 0.392. The molecule has 17 heavy (non-hydrogen) atoms. The monoisotopic (exact) mass is 232 g/mol. The van der Waals surface area contributed by atoms with Crippen LogP contribution in [0.3, 0.4) is 0 Å². The number of hydrogen-bond acceptors (Lipinski definition) is 5. The number of anilines is 2. The van der Waals surface area contributed by atoms with E-state index in [9.17, 15) is 0 Å². The number of pyridine rings is 1. The summed E-state index contributed by atoms with van der Waals surface area (Å²) in [7, 11) is 0. The third-order valence-corrected chi connectivity index (χ3v) is 2.71. The average Bonchev–Trinajstić information content (AvgIpc) is 2.62. The highest BCUT2D eigenvalue weighted by Gasteiger charge is 2.17. The molecular weight excluding hydrogens is 216 g/mol. The first kappa shape index (κ1) is 11.4. The first-order chi connectivity index (χ1) is 8.09. The molecule has 0 saturated carbocycles. The zero-order valence-electron chi connectivity index (χ0n) is 10.2. The average molecular weight is 232 g/mol. The molecule has 5 heteroatoms. The van der Waals surface area contributed by atoms with Crippen molar-refractivity contribution in [1.82, 2.24) is 10.1 Å². The van der Waals surface area contributed by atoms with Gasteiger partial charge in [-0.05, 0) is 32.9 Å². The minimum Gasteiger partial charge on any atom is -0.396 e. The first-order valence-electron chi connectivity index (χ1n) is 5.49. The van der Waals surface area contributed by atoms with E-state index in [1.54, 1.807) is 12.3 Å². The Morgan fingerprint density at radius 2 is 2.18 bits per heavy atom. The van der Waals surface area contributed by atoms with Crippen molar-refractivity contribution in [2.24, 2.45) is 0 Å². The Hall–Kier alpha value is -2.04. The van der Waals surface area contributed by atoms with Crippen LogP contribution < -0.4 is 11.1 Å². The summed E-state index contributed by atoms with van der Waals surface area (Å²) in [5.41, 5.74) is 8.40. The maximum Gasteiger partial charge on any atom is 0.149 e. The number of nitrogens with zero attached hydrogens (tertiary/aromatic N) is 2. The normalized spacial score (nSPS) is 12.4. The Bertz CT molecular complexity index is 501. The van der Waals surface area contributed by atoms with Crippen molar-refractivity contribution < 1.29 is 4.52 Å². The van der Waals surface area contributed by atoms with E-state index in [2.05, 4.69) is 15.5 Å². The second kappa shape index (κ2) is 4.45. The van der Waals surface area contributed by atoms with Gasteiger partial charge in [0.15, 0.2) is 0 Å². The SMILES string of the molecule is Cc1noc(C)c1C(C)Nc1ncccc1N. The van der Waals surface area contributed by atoms with E-state index in [1.807, 2.05) is 26.8 Å². The minimum absolute atomic E-state index is 0.0541. The summed E-state index contributed by atoms with van der Waals surface area (Å²) in [6.07, 6.45) is 1.71. The molecule has 1 atom stereocenters. The molecule has 0 aliphatic heterocycles. The number of nitrogens with two attached hydrogens (primary N) is 1. The van der Waals surface area contributed by atoms with Crippen LogP contribution in [0.2, 0.25) is 0 Å². The molecule has 0 saturated heterocycles. The zero-order valence-corrected chi connectivity index (χ0v) is 10.2. The summed E-state index contributed by atoms with van der Waals surface area (Å²) < 4.78 is 5.14. The smallest absolute Gasteiger partial charge is 0.149 e. The lowest BCUT2D eigenvalue weighted by Crippen LogP contribution is -2.11. The molecular formula is C12H16N4O. The summed E-state index contributed by atoms with van der Waals surface area (Å²) in [4.78, 5) is 4.20. The molecule has 2 aromatic rings. The number of hydrogen-bond donors (Lipinski definition) is 2. The Morgan fingerprint density at radius 1 is 1.41 bits per heavy atom. The highest BCUT2D eigenvalue weighted by Crippen LogP contribution is 2.25. The summed E-state index contributed by atoms with van der Waals surface area (Å²) in [6, 6.07) is 3.68. The summed E-state index contributed by atoms with van der Waals surface area (Å²) in [5.74, 6) is 1.50. The van der Waals surface area contributed by atoms with Crippen LogP contribution in [0.15, 0.2) is 22.9 Å². The number of aromatic nitrogens is 2. The van der Waals surface area contributed by atoms with Crippen LogP contribution in [0, 0.1) is 13.8 Å². The molecule has 0 aliphatic carbocycles. The Labute approximate surface area is 100 Å². The fourth-order valence-corrected chi connectivity index (χ4v) is 1.92. The molecule has 0 aromatic carbocycles. The van der Waals surface area contributed by atoms with Gasteiger partial charge >= 0.3 is 0 Å². The third kappa shape index (κ3) is 2.22. The fourth-order valence-electron chi connectivity index (χ4n) is 1.92. The van der Waals surface area contributed by atoms with Gasteiger partial charge in [0.05, 0.1) is 17.4 Å². The molecule has 3 N–H and O–H groups in total. The van der Waals surface area contributed by atoms with Gasteiger partial charge < -0.3 is 15.6 Å². The van der Waals surface area contributed by atoms with Crippen LogP contribution in [0.5, 0.6) is 0 Å². The Morgan fingerprint density at radius 3 is 2.76 bits per heavy atom. The van der Waals surface area contributed by atoms with Crippen molar-refractivity contribution in [3.63, 3.8) is 0 Å². The van der Waals surface area contributed by atoms with Crippen molar-refractivity contribution in [2.45, 2.75) is 26.8 Å². The van der Waals surface area contributed by atoms with Gasteiger partial charge in [-0.1, -0.05) is 5.16 Å². The van der Waals surface area contributed by atoms with Gasteiger partial charge in [-0.15, -0.1) is 0 Å². The van der Waals surface area contributed by atoms with Gasteiger partial charge in [0.25, 0.3) is 0 Å². The Balaban J connectivity index is 2.23. The van der Waals surface area contributed by atoms with Crippen molar-refractivity contribution in [1.29, 1.82) is 0 Å². The van der Waals surface area contributed by atoms with Crippen molar-refractivity contribution in [2.75, 3.05) is 11.1 Å². The van der Waals surface area contributed by atoms with Crippen molar-refractivity contribution in [3.05, 3.63) is 35.3 Å². The molecule has 2 aromatic heterocycles. The van der Waals surface area contributed by atoms with E-state index in [1.165, 1.54) is 0 Å². The summed E-state index contributed by atoms with van der Waals surface area (Å²) in [6.45, 7) is 5.85. The van der Waals surface area contributed by atoms with Crippen LogP contribution in [-0.4, -0.2) is 10.1 Å². The van der Waals surface area contributed by atoms with Crippen LogP contribution >= 0.6 is 0 Å². The Kier molecular flexibility index (Phi) is 2.99. The van der Waals surface area contributed by atoms with Crippen LogP contribution in [0.4, 0.5) is 11.5 Å². The molecule has 2 heterocycles. The van der Waals surface area contributed by atoms with Gasteiger partial charge in [-0.25, -0.2) is 4.98 Å². The lowest BCUT2D eigenvalue weighted by atomic mass is 10.1. The number of aryl methyl sites for hydroxylation is 2. The predicted octanol–water partition coefficient (Wildman–Crippen LogP) is 2.44. The first-order valence-corrected chi connectivity index (χ1v) is 5.49. The maximum absolute atomic E-state index is 5.83. The van der Waals surface area contributed by atoms with Crippen molar-refractivity contribution >= 4 is 11.5 Å². The molecule has 5 nitrogen and oxygen atoms in total. The number of rotatable bonds is 3. The van der Waals surface area contributed by atoms with Gasteiger partial charge in [0, 0.05) is 11.8 Å². The van der Waals surface area contributed by atoms with E-state index in [-0.39, 0.29) is 6.04 Å². The molecule has 0 bridgehead atoms. The maximum atomic E-state index is 5.83. The van der Waals surface area contributed by atoms with E-state index < -0.39 is 0 Å². The molecule has 90 valence electrons. The molecule has 0 radical (unpaired) electrons.